The molecule has 0 spiro atoms. The lowest BCUT2D eigenvalue weighted by Crippen LogP contribution is -2.14. The van der Waals surface area contributed by atoms with Crippen molar-refractivity contribution in [1.82, 2.24) is 4.67 Å². The van der Waals surface area contributed by atoms with Crippen LogP contribution in [0.25, 0.3) is 0 Å². The van der Waals surface area contributed by atoms with E-state index in [-0.39, 0.29) is 11.8 Å². The number of rotatable bonds is 0. The second-order valence-corrected chi connectivity index (χ2v) is 2.84. The highest BCUT2D eigenvalue weighted by atomic mass is 31.0. The number of hydrogen-bond acceptors (Lipinski definition) is 1. The van der Waals surface area contributed by atoms with Crippen molar-refractivity contribution in [2.24, 2.45) is 5.92 Å². The van der Waals surface area contributed by atoms with Crippen molar-refractivity contribution in [2.75, 3.05) is 6.54 Å². The molecule has 0 aromatic carbocycles. The van der Waals surface area contributed by atoms with Gasteiger partial charge in [0.05, 0.1) is 0 Å². The lowest BCUT2D eigenvalue weighted by molar-refractivity contribution is -0.126. The molecule has 1 amide bonds. The zero-order chi connectivity index (χ0) is 6.15. The van der Waals surface area contributed by atoms with Gasteiger partial charge in [-0.15, -0.1) is 0 Å². The van der Waals surface area contributed by atoms with Gasteiger partial charge < -0.3 is 4.67 Å². The summed E-state index contributed by atoms with van der Waals surface area (Å²) in [6.07, 6.45) is 1.02. The average molecular weight is 131 g/mol. The molecule has 0 aromatic heterocycles. The number of carbonyl (C=O) groups is 1. The first-order valence-corrected chi connectivity index (χ1v) is 3.29. The third-order valence-corrected chi connectivity index (χ3v) is 2.02. The van der Waals surface area contributed by atoms with Gasteiger partial charge in [-0.25, -0.2) is 0 Å². The monoisotopic (exact) mass is 131 g/mol. The van der Waals surface area contributed by atoms with E-state index in [0.717, 1.165) is 13.0 Å². The van der Waals surface area contributed by atoms with Crippen molar-refractivity contribution in [3.8, 4) is 0 Å². The average Bonchev–Trinajstić information content (AvgIpc) is 1.98. The van der Waals surface area contributed by atoms with Crippen LogP contribution in [-0.2, 0) is 4.79 Å². The minimum atomic E-state index is 0.257. The number of nitrogens with zero attached hydrogens (tertiary/aromatic N) is 1. The molecule has 1 aliphatic rings. The minimum absolute atomic E-state index is 0.257. The smallest absolute Gasteiger partial charge is 0.228 e. The summed E-state index contributed by atoms with van der Waals surface area (Å²) in [5.41, 5.74) is 0. The third-order valence-electron chi connectivity index (χ3n) is 1.51. The zero-order valence-electron chi connectivity index (χ0n) is 4.92. The van der Waals surface area contributed by atoms with Crippen LogP contribution in [-0.4, -0.2) is 17.1 Å². The van der Waals surface area contributed by atoms with Crippen LogP contribution in [0, 0.1) is 5.92 Å². The minimum Gasteiger partial charge on any atom is -0.327 e. The summed E-state index contributed by atoms with van der Waals surface area (Å²) in [5, 5.41) is 0. The van der Waals surface area contributed by atoms with Crippen LogP contribution in [0.4, 0.5) is 0 Å². The van der Waals surface area contributed by atoms with E-state index in [1.54, 1.807) is 4.67 Å². The van der Waals surface area contributed by atoms with Crippen molar-refractivity contribution >= 4 is 15.3 Å². The van der Waals surface area contributed by atoms with Crippen LogP contribution in [0.2, 0.25) is 0 Å². The summed E-state index contributed by atoms with van der Waals surface area (Å²) in [4.78, 5) is 10.8. The standard InChI is InChI=1S/C5H10NOP/c1-4-2-3-6(8)5(4)7/h4H,2-3,8H2,1H3. The second kappa shape index (κ2) is 2.02. The molecule has 2 unspecified atom stereocenters. The Morgan fingerprint density at radius 3 is 2.62 bits per heavy atom. The Kier molecular flexibility index (Phi) is 1.52. The van der Waals surface area contributed by atoms with E-state index in [4.69, 9.17) is 0 Å². The fraction of sp³-hybridized carbons (Fsp3) is 0.800. The molecule has 1 saturated heterocycles. The third kappa shape index (κ3) is 0.851. The molecule has 1 fully saturated rings. The molecular formula is C5H10NOP. The van der Waals surface area contributed by atoms with E-state index in [1.165, 1.54) is 0 Å². The molecule has 2 atom stereocenters. The van der Waals surface area contributed by atoms with Crippen molar-refractivity contribution in [1.29, 1.82) is 0 Å². The molecule has 1 rings (SSSR count). The lowest BCUT2D eigenvalue weighted by Gasteiger charge is -2.04. The molecule has 8 heavy (non-hydrogen) atoms. The van der Waals surface area contributed by atoms with Crippen molar-refractivity contribution < 1.29 is 4.79 Å². The topological polar surface area (TPSA) is 20.3 Å². The first-order chi connectivity index (χ1) is 3.72. The van der Waals surface area contributed by atoms with Crippen molar-refractivity contribution in [3.63, 3.8) is 0 Å². The Morgan fingerprint density at radius 1 is 1.88 bits per heavy atom. The Hall–Kier alpha value is -0.100. The second-order valence-electron chi connectivity index (χ2n) is 2.22. The summed E-state index contributed by atoms with van der Waals surface area (Å²) in [6.45, 7) is 2.87. The quantitative estimate of drug-likeness (QED) is 0.442. The maximum Gasteiger partial charge on any atom is 0.228 e. The Morgan fingerprint density at radius 2 is 2.50 bits per heavy atom. The number of amides is 1. The summed E-state index contributed by atoms with van der Waals surface area (Å²) in [6, 6.07) is 0. The predicted molar refractivity (Wildman–Crippen MR) is 35.2 cm³/mol. The lowest BCUT2D eigenvalue weighted by atomic mass is 10.1. The van der Waals surface area contributed by atoms with Gasteiger partial charge in [0.25, 0.3) is 0 Å². The van der Waals surface area contributed by atoms with E-state index in [0.29, 0.717) is 0 Å². The van der Waals surface area contributed by atoms with E-state index in [1.807, 2.05) is 6.92 Å². The fourth-order valence-electron chi connectivity index (χ4n) is 0.849. The van der Waals surface area contributed by atoms with E-state index < -0.39 is 0 Å². The molecule has 1 heterocycles. The molecule has 2 nitrogen and oxygen atoms in total. The van der Waals surface area contributed by atoms with Crippen LogP contribution in [0.3, 0.4) is 0 Å². The molecule has 1 aliphatic heterocycles. The summed E-state index contributed by atoms with van der Waals surface area (Å²) in [5.74, 6) is 0.516. The molecule has 0 bridgehead atoms. The predicted octanol–water partition coefficient (Wildman–Crippen LogP) is 0.645. The molecule has 0 saturated carbocycles. The maximum absolute atomic E-state index is 10.8. The molecular weight excluding hydrogens is 121 g/mol. The molecule has 0 radical (unpaired) electrons. The van der Waals surface area contributed by atoms with Gasteiger partial charge >= 0.3 is 0 Å². The molecule has 0 aliphatic carbocycles. The van der Waals surface area contributed by atoms with Crippen LogP contribution >= 0.6 is 9.39 Å². The highest BCUT2D eigenvalue weighted by Gasteiger charge is 2.24. The molecule has 3 heteroatoms. The molecule has 46 valence electrons. The van der Waals surface area contributed by atoms with Crippen molar-refractivity contribution in [3.05, 3.63) is 0 Å². The van der Waals surface area contributed by atoms with Gasteiger partial charge in [-0.2, -0.15) is 0 Å². The van der Waals surface area contributed by atoms with Crippen LogP contribution in [0.15, 0.2) is 0 Å². The molecule has 0 aromatic rings. The highest BCUT2D eigenvalue weighted by molar-refractivity contribution is 7.14. The van der Waals surface area contributed by atoms with Crippen LogP contribution in [0.5, 0.6) is 0 Å². The van der Waals surface area contributed by atoms with E-state index in [9.17, 15) is 4.79 Å². The van der Waals surface area contributed by atoms with Gasteiger partial charge in [0.1, 0.15) is 0 Å². The highest BCUT2D eigenvalue weighted by Crippen LogP contribution is 2.19. The summed E-state index contributed by atoms with van der Waals surface area (Å²) in [7, 11) is 2.42. The van der Waals surface area contributed by atoms with Gasteiger partial charge in [-0.05, 0) is 15.8 Å². The Labute approximate surface area is 51.5 Å². The van der Waals surface area contributed by atoms with Crippen LogP contribution in [0.1, 0.15) is 13.3 Å². The Bertz CT molecular complexity index is 103. The number of carbonyl (C=O) groups excluding carboxylic acids is 1. The molecule has 0 N–H and O–H groups in total. The van der Waals surface area contributed by atoms with Crippen molar-refractivity contribution in [2.45, 2.75) is 13.3 Å². The largest absolute Gasteiger partial charge is 0.327 e. The van der Waals surface area contributed by atoms with Crippen LogP contribution < -0.4 is 0 Å². The first kappa shape index (κ1) is 6.03. The normalized spacial score (nSPS) is 29.5. The summed E-state index contributed by atoms with van der Waals surface area (Å²) >= 11 is 0. The fourth-order valence-corrected chi connectivity index (χ4v) is 1.25. The van der Waals surface area contributed by atoms with Gasteiger partial charge in [0, 0.05) is 12.5 Å². The first-order valence-electron chi connectivity index (χ1n) is 2.78. The van der Waals surface area contributed by atoms with E-state index in [2.05, 4.69) is 9.39 Å². The number of hydrogen-bond donors (Lipinski definition) is 0. The van der Waals surface area contributed by atoms with Gasteiger partial charge in [0.2, 0.25) is 5.91 Å². The SMILES string of the molecule is CC1CCN(P)C1=O. The maximum atomic E-state index is 10.8. The van der Waals surface area contributed by atoms with Gasteiger partial charge in [-0.1, -0.05) is 6.92 Å². The van der Waals surface area contributed by atoms with Gasteiger partial charge in [-0.3, -0.25) is 4.79 Å². The Balaban J connectivity index is 2.57. The van der Waals surface area contributed by atoms with E-state index >= 15 is 0 Å². The summed E-state index contributed by atoms with van der Waals surface area (Å²) < 4.78 is 1.70. The van der Waals surface area contributed by atoms with Gasteiger partial charge in [0.15, 0.2) is 0 Å². The zero-order valence-corrected chi connectivity index (χ0v) is 6.08.